The second-order valence-electron chi connectivity index (χ2n) is 4.64. The van der Waals surface area contributed by atoms with Gasteiger partial charge in [0, 0.05) is 17.3 Å². The Balaban J connectivity index is 2.27. The number of halogens is 3. The van der Waals surface area contributed by atoms with Gasteiger partial charge in [-0.2, -0.15) is 18.3 Å². The summed E-state index contributed by atoms with van der Waals surface area (Å²) in [6.45, 7) is -1.17. The molecule has 0 atom stereocenters. The first-order valence-corrected chi connectivity index (χ1v) is 6.27. The minimum Gasteiger partial charge on any atom is -0.496 e. The molecule has 0 saturated carbocycles. The summed E-state index contributed by atoms with van der Waals surface area (Å²) in [5.74, 6) is -0.632. The van der Waals surface area contributed by atoms with Crippen LogP contribution in [0.1, 0.15) is 5.56 Å². The Kier molecular flexibility index (Phi) is 4.39. The van der Waals surface area contributed by atoms with Crippen LogP contribution < -0.4 is 4.74 Å². The van der Waals surface area contributed by atoms with Gasteiger partial charge in [-0.1, -0.05) is 12.1 Å². The molecule has 1 N–H and O–H groups in total. The fourth-order valence-electron chi connectivity index (χ4n) is 2.02. The predicted molar refractivity (Wildman–Crippen MR) is 71.6 cm³/mol. The number of methoxy groups -OCH3 is 1. The molecular formula is C14H13F3N2O3. The maximum absolute atomic E-state index is 12.3. The molecule has 1 aromatic heterocycles. The first-order valence-electron chi connectivity index (χ1n) is 6.27. The van der Waals surface area contributed by atoms with Crippen LogP contribution in [0.25, 0.3) is 11.1 Å². The van der Waals surface area contributed by atoms with E-state index in [1.165, 1.54) is 19.5 Å². The number of nitrogens with zero attached hydrogens (tertiary/aromatic N) is 2. The van der Waals surface area contributed by atoms with Crippen molar-refractivity contribution < 1.29 is 27.8 Å². The van der Waals surface area contributed by atoms with Gasteiger partial charge in [0.25, 0.3) is 0 Å². The highest BCUT2D eigenvalue weighted by atomic mass is 19.4. The van der Waals surface area contributed by atoms with Crippen molar-refractivity contribution in [3.63, 3.8) is 0 Å². The lowest BCUT2D eigenvalue weighted by atomic mass is 10.0. The number of carboxylic acids is 1. The minimum atomic E-state index is -4.34. The number of alkyl halides is 3. The van der Waals surface area contributed by atoms with E-state index in [2.05, 4.69) is 5.10 Å². The fourth-order valence-corrected chi connectivity index (χ4v) is 2.02. The molecule has 0 fully saturated rings. The normalized spacial score (nSPS) is 11.5. The molecule has 0 amide bonds. The van der Waals surface area contributed by atoms with E-state index >= 15 is 0 Å². The van der Waals surface area contributed by atoms with Gasteiger partial charge in [-0.25, -0.2) is 0 Å². The summed E-state index contributed by atoms with van der Waals surface area (Å²) in [4.78, 5) is 10.8. The Labute approximate surface area is 123 Å². The molecule has 0 unspecified atom stereocenters. The lowest BCUT2D eigenvalue weighted by molar-refractivity contribution is -0.142. The Morgan fingerprint density at radius 1 is 1.36 bits per heavy atom. The average molecular weight is 314 g/mol. The summed E-state index contributed by atoms with van der Waals surface area (Å²) in [5.41, 5.74) is 1.57. The Morgan fingerprint density at radius 2 is 2.09 bits per heavy atom. The van der Waals surface area contributed by atoms with E-state index in [1.54, 1.807) is 18.2 Å². The molecule has 8 heteroatoms. The lowest BCUT2D eigenvalue weighted by Gasteiger charge is -2.08. The topological polar surface area (TPSA) is 64.4 Å². The minimum absolute atomic E-state index is 0.198. The summed E-state index contributed by atoms with van der Waals surface area (Å²) in [6.07, 6.45) is -1.94. The third kappa shape index (κ3) is 4.00. The van der Waals surface area contributed by atoms with Crippen molar-refractivity contribution in [1.29, 1.82) is 0 Å². The van der Waals surface area contributed by atoms with Crippen LogP contribution >= 0.6 is 0 Å². The van der Waals surface area contributed by atoms with Crippen molar-refractivity contribution in [1.82, 2.24) is 9.78 Å². The molecule has 2 aromatic rings. The van der Waals surface area contributed by atoms with Gasteiger partial charge in [-0.3, -0.25) is 9.48 Å². The standard InChI is InChI=1S/C14H13F3N2O3/c1-22-12-4-9(2-3-10(12)5-13(20)21)11-6-18-19(7-11)8-14(15,16)17/h2-4,6-7H,5,8H2,1H3,(H,20,21). The number of hydrogen-bond donors (Lipinski definition) is 1. The van der Waals surface area contributed by atoms with Crippen molar-refractivity contribution >= 4 is 5.97 Å². The molecular weight excluding hydrogens is 301 g/mol. The first kappa shape index (κ1) is 15.9. The summed E-state index contributed by atoms with van der Waals surface area (Å²) in [6, 6.07) is 4.77. The first-order chi connectivity index (χ1) is 10.3. The van der Waals surface area contributed by atoms with Gasteiger partial charge in [-0.15, -0.1) is 0 Å². The third-order valence-corrected chi connectivity index (χ3v) is 2.94. The number of ether oxygens (including phenoxy) is 1. The van der Waals surface area contributed by atoms with E-state index < -0.39 is 18.7 Å². The Morgan fingerprint density at radius 3 is 2.68 bits per heavy atom. The maximum Gasteiger partial charge on any atom is 0.408 e. The molecule has 5 nitrogen and oxygen atoms in total. The van der Waals surface area contributed by atoms with Crippen molar-refractivity contribution in [3.05, 3.63) is 36.2 Å². The van der Waals surface area contributed by atoms with E-state index in [0.717, 1.165) is 4.68 Å². The van der Waals surface area contributed by atoms with Gasteiger partial charge in [0.15, 0.2) is 0 Å². The summed E-state index contributed by atoms with van der Waals surface area (Å²) in [7, 11) is 1.40. The molecule has 1 aromatic carbocycles. The molecule has 0 radical (unpaired) electrons. The van der Waals surface area contributed by atoms with Crippen molar-refractivity contribution in [2.24, 2.45) is 0 Å². The predicted octanol–water partition coefficient (Wildman–Crippen LogP) is 2.75. The number of aromatic nitrogens is 2. The highest BCUT2D eigenvalue weighted by molar-refractivity contribution is 5.73. The van der Waals surface area contributed by atoms with Gasteiger partial charge in [0.2, 0.25) is 0 Å². The van der Waals surface area contributed by atoms with E-state index in [-0.39, 0.29) is 6.42 Å². The number of carbonyl (C=O) groups is 1. The molecule has 1 heterocycles. The molecule has 0 aliphatic carbocycles. The van der Waals surface area contributed by atoms with Crippen LogP contribution in [0.5, 0.6) is 5.75 Å². The van der Waals surface area contributed by atoms with E-state index in [4.69, 9.17) is 9.84 Å². The van der Waals surface area contributed by atoms with Crippen LogP contribution in [0.4, 0.5) is 13.2 Å². The second-order valence-corrected chi connectivity index (χ2v) is 4.64. The average Bonchev–Trinajstić information content (AvgIpc) is 2.84. The SMILES string of the molecule is COc1cc(-c2cnn(CC(F)(F)F)c2)ccc1CC(=O)O. The van der Waals surface area contributed by atoms with E-state index in [1.807, 2.05) is 0 Å². The van der Waals surface area contributed by atoms with Crippen LogP contribution in [-0.2, 0) is 17.8 Å². The third-order valence-electron chi connectivity index (χ3n) is 2.94. The highest BCUT2D eigenvalue weighted by Gasteiger charge is 2.28. The zero-order valence-electron chi connectivity index (χ0n) is 11.6. The van der Waals surface area contributed by atoms with Crippen LogP contribution in [0.3, 0.4) is 0 Å². The Hall–Kier alpha value is -2.51. The number of rotatable bonds is 5. The van der Waals surface area contributed by atoms with Crippen LogP contribution in [0.15, 0.2) is 30.6 Å². The number of hydrogen-bond acceptors (Lipinski definition) is 3. The van der Waals surface area contributed by atoms with Gasteiger partial charge >= 0.3 is 12.1 Å². The molecule has 0 aliphatic heterocycles. The smallest absolute Gasteiger partial charge is 0.408 e. The van der Waals surface area contributed by atoms with Gasteiger partial charge in [0.05, 0.1) is 19.7 Å². The van der Waals surface area contributed by atoms with Crippen LogP contribution in [0.2, 0.25) is 0 Å². The molecule has 2 rings (SSSR count). The molecule has 0 bridgehead atoms. The molecule has 0 aliphatic rings. The summed E-state index contributed by atoms with van der Waals surface area (Å²) in [5, 5.41) is 12.5. The zero-order chi connectivity index (χ0) is 16.3. The fraction of sp³-hybridized carbons (Fsp3) is 0.286. The van der Waals surface area contributed by atoms with Crippen molar-refractivity contribution in [2.45, 2.75) is 19.1 Å². The maximum atomic E-state index is 12.3. The Bertz CT molecular complexity index is 680. The van der Waals surface area contributed by atoms with E-state index in [9.17, 15) is 18.0 Å². The summed E-state index contributed by atoms with van der Waals surface area (Å²) < 4.78 is 42.9. The summed E-state index contributed by atoms with van der Waals surface area (Å²) >= 11 is 0. The highest BCUT2D eigenvalue weighted by Crippen LogP contribution is 2.28. The monoisotopic (exact) mass is 314 g/mol. The zero-order valence-corrected chi connectivity index (χ0v) is 11.6. The van der Waals surface area contributed by atoms with Gasteiger partial charge < -0.3 is 9.84 Å². The largest absolute Gasteiger partial charge is 0.496 e. The second kappa shape index (κ2) is 6.08. The lowest BCUT2D eigenvalue weighted by Crippen LogP contribution is -2.17. The molecule has 0 spiro atoms. The van der Waals surface area contributed by atoms with Crippen LogP contribution in [0, 0.1) is 0 Å². The van der Waals surface area contributed by atoms with Crippen molar-refractivity contribution in [2.75, 3.05) is 7.11 Å². The quantitative estimate of drug-likeness (QED) is 0.921. The molecule has 22 heavy (non-hydrogen) atoms. The van der Waals surface area contributed by atoms with Crippen LogP contribution in [-0.4, -0.2) is 34.1 Å². The number of carboxylic acid groups (broad SMARTS) is 1. The number of aliphatic carboxylic acids is 1. The number of benzene rings is 1. The van der Waals surface area contributed by atoms with Gasteiger partial charge in [0.1, 0.15) is 12.3 Å². The van der Waals surface area contributed by atoms with E-state index in [0.29, 0.717) is 22.4 Å². The van der Waals surface area contributed by atoms with Gasteiger partial charge in [-0.05, 0) is 11.6 Å². The molecule has 118 valence electrons. The molecule has 0 saturated heterocycles. The van der Waals surface area contributed by atoms with Crippen molar-refractivity contribution in [3.8, 4) is 16.9 Å².